The lowest BCUT2D eigenvalue weighted by atomic mass is 10.1. The third-order valence-corrected chi connectivity index (χ3v) is 3.31. The number of carbonyl (C=O) groups is 4. The van der Waals surface area contributed by atoms with Gasteiger partial charge in [0.15, 0.2) is 0 Å². The van der Waals surface area contributed by atoms with Crippen molar-refractivity contribution in [1.82, 2.24) is 9.96 Å². The molecule has 0 saturated carbocycles. The van der Waals surface area contributed by atoms with Gasteiger partial charge in [0.25, 0.3) is 11.8 Å². The van der Waals surface area contributed by atoms with Gasteiger partial charge in [0.1, 0.15) is 5.60 Å². The largest absolute Gasteiger partial charge is 0.444 e. The summed E-state index contributed by atoms with van der Waals surface area (Å²) in [5, 5.41) is 0.445. The standard InChI is InChI=1S/C17H20N2O6/c1-17(2,3)24-16(23)18(4)10-9-13(20)25-19-14(21)11-7-5-6-8-12(11)15(19)22/h5-8H,9-10H2,1-4H3. The summed E-state index contributed by atoms with van der Waals surface area (Å²) in [7, 11) is 1.48. The Labute approximate surface area is 145 Å². The fourth-order valence-electron chi connectivity index (χ4n) is 2.09. The number of ether oxygens (including phenoxy) is 1. The topological polar surface area (TPSA) is 93.2 Å². The molecule has 25 heavy (non-hydrogen) atoms. The second-order valence-electron chi connectivity index (χ2n) is 6.57. The van der Waals surface area contributed by atoms with Gasteiger partial charge >= 0.3 is 12.1 Å². The fraction of sp³-hybridized carbons (Fsp3) is 0.412. The Morgan fingerprint density at radius 3 is 2.08 bits per heavy atom. The molecule has 3 amide bonds. The number of rotatable bonds is 4. The molecule has 0 atom stereocenters. The average molecular weight is 348 g/mol. The molecule has 0 unspecified atom stereocenters. The predicted molar refractivity (Wildman–Crippen MR) is 86.5 cm³/mol. The van der Waals surface area contributed by atoms with Crippen LogP contribution in [-0.2, 0) is 14.4 Å². The number of nitrogens with zero attached hydrogens (tertiary/aromatic N) is 2. The van der Waals surface area contributed by atoms with E-state index in [4.69, 9.17) is 9.57 Å². The molecule has 0 bridgehead atoms. The third-order valence-electron chi connectivity index (χ3n) is 3.31. The number of carbonyl (C=O) groups excluding carboxylic acids is 4. The number of amides is 3. The van der Waals surface area contributed by atoms with Crippen LogP contribution in [0.3, 0.4) is 0 Å². The molecule has 1 aromatic rings. The molecule has 0 saturated heterocycles. The van der Waals surface area contributed by atoms with Crippen LogP contribution in [0, 0.1) is 0 Å². The van der Waals surface area contributed by atoms with E-state index in [9.17, 15) is 19.2 Å². The minimum Gasteiger partial charge on any atom is -0.444 e. The zero-order valence-electron chi connectivity index (χ0n) is 14.6. The molecule has 1 aliphatic heterocycles. The van der Waals surface area contributed by atoms with Crippen LogP contribution in [0.1, 0.15) is 47.9 Å². The lowest BCUT2D eigenvalue weighted by molar-refractivity contribution is -0.168. The van der Waals surface area contributed by atoms with Gasteiger partial charge in [-0.3, -0.25) is 9.59 Å². The van der Waals surface area contributed by atoms with E-state index in [2.05, 4.69) is 0 Å². The van der Waals surface area contributed by atoms with E-state index in [1.165, 1.54) is 24.1 Å². The van der Waals surface area contributed by atoms with Crippen LogP contribution < -0.4 is 0 Å². The minimum absolute atomic E-state index is 0.0247. The van der Waals surface area contributed by atoms with Crippen molar-refractivity contribution < 1.29 is 28.8 Å². The summed E-state index contributed by atoms with van der Waals surface area (Å²) in [6, 6.07) is 6.20. The summed E-state index contributed by atoms with van der Waals surface area (Å²) in [4.78, 5) is 54.0. The molecule has 1 aromatic carbocycles. The molecule has 0 fully saturated rings. The number of hydrogen-bond acceptors (Lipinski definition) is 6. The van der Waals surface area contributed by atoms with Crippen molar-refractivity contribution >= 4 is 23.9 Å². The first-order valence-electron chi connectivity index (χ1n) is 7.73. The van der Waals surface area contributed by atoms with Crippen molar-refractivity contribution in [2.24, 2.45) is 0 Å². The zero-order valence-corrected chi connectivity index (χ0v) is 14.6. The molecule has 1 heterocycles. The lowest BCUT2D eigenvalue weighted by Gasteiger charge is -2.24. The van der Waals surface area contributed by atoms with Gasteiger partial charge in [0, 0.05) is 13.6 Å². The summed E-state index contributed by atoms with van der Waals surface area (Å²) in [6.45, 7) is 5.22. The Morgan fingerprint density at radius 1 is 1.08 bits per heavy atom. The fourth-order valence-corrected chi connectivity index (χ4v) is 2.09. The monoisotopic (exact) mass is 348 g/mol. The molecule has 0 aromatic heterocycles. The van der Waals surface area contributed by atoms with Crippen LogP contribution in [0.2, 0.25) is 0 Å². The average Bonchev–Trinajstić information content (AvgIpc) is 2.76. The second kappa shape index (κ2) is 6.92. The van der Waals surface area contributed by atoms with Gasteiger partial charge in [0.05, 0.1) is 17.5 Å². The molecule has 1 aliphatic rings. The number of hydroxylamine groups is 2. The maximum Gasteiger partial charge on any atom is 0.410 e. The summed E-state index contributed by atoms with van der Waals surface area (Å²) in [5.41, 5.74) is -0.274. The molecule has 134 valence electrons. The molecule has 8 heteroatoms. The highest BCUT2D eigenvalue weighted by Gasteiger charge is 2.38. The quantitative estimate of drug-likeness (QED) is 0.773. The first-order valence-corrected chi connectivity index (χ1v) is 7.73. The Morgan fingerprint density at radius 2 is 1.60 bits per heavy atom. The van der Waals surface area contributed by atoms with Gasteiger partial charge in [-0.05, 0) is 32.9 Å². The van der Waals surface area contributed by atoms with Gasteiger partial charge in [-0.2, -0.15) is 0 Å². The highest BCUT2D eigenvalue weighted by atomic mass is 16.7. The third kappa shape index (κ3) is 4.34. The van der Waals surface area contributed by atoms with Gasteiger partial charge in [-0.25, -0.2) is 9.59 Å². The van der Waals surface area contributed by atoms with E-state index in [1.807, 2.05) is 0 Å². The second-order valence-corrected chi connectivity index (χ2v) is 6.57. The number of imide groups is 1. The van der Waals surface area contributed by atoms with E-state index in [0.717, 1.165) is 0 Å². The Kier molecular flexibility index (Phi) is 5.10. The molecular formula is C17H20N2O6. The van der Waals surface area contributed by atoms with Crippen molar-refractivity contribution in [3.05, 3.63) is 35.4 Å². The van der Waals surface area contributed by atoms with Gasteiger partial charge < -0.3 is 14.5 Å². The Hall–Kier alpha value is -2.90. The molecule has 0 radical (unpaired) electrons. The summed E-state index contributed by atoms with van der Waals surface area (Å²) in [6.07, 6.45) is -0.774. The maximum atomic E-state index is 12.1. The molecule has 8 nitrogen and oxygen atoms in total. The van der Waals surface area contributed by atoms with Crippen LogP contribution in [0.4, 0.5) is 4.79 Å². The highest BCUT2D eigenvalue weighted by molar-refractivity contribution is 6.20. The van der Waals surface area contributed by atoms with E-state index < -0.39 is 29.5 Å². The van der Waals surface area contributed by atoms with Gasteiger partial charge in [-0.15, -0.1) is 0 Å². The van der Waals surface area contributed by atoms with Gasteiger partial charge in [0.2, 0.25) is 0 Å². The maximum absolute atomic E-state index is 12.1. The Balaban J connectivity index is 1.88. The number of hydrogen-bond donors (Lipinski definition) is 0. The van der Waals surface area contributed by atoms with Crippen molar-refractivity contribution in [3.63, 3.8) is 0 Å². The van der Waals surface area contributed by atoms with E-state index in [0.29, 0.717) is 5.06 Å². The van der Waals surface area contributed by atoms with Crippen molar-refractivity contribution in [1.29, 1.82) is 0 Å². The predicted octanol–water partition coefficient (Wildman–Crippen LogP) is 2.00. The minimum atomic E-state index is -0.801. The zero-order chi connectivity index (χ0) is 18.8. The van der Waals surface area contributed by atoms with E-state index in [1.54, 1.807) is 32.9 Å². The number of benzene rings is 1. The van der Waals surface area contributed by atoms with Crippen LogP contribution >= 0.6 is 0 Å². The van der Waals surface area contributed by atoms with Crippen molar-refractivity contribution in [2.45, 2.75) is 32.8 Å². The first kappa shape index (κ1) is 18.4. The van der Waals surface area contributed by atoms with Crippen LogP contribution in [0.25, 0.3) is 0 Å². The highest BCUT2D eigenvalue weighted by Crippen LogP contribution is 2.22. The summed E-state index contributed by atoms with van der Waals surface area (Å²) < 4.78 is 5.16. The molecule has 0 N–H and O–H groups in total. The lowest BCUT2D eigenvalue weighted by Crippen LogP contribution is -2.37. The van der Waals surface area contributed by atoms with Crippen molar-refractivity contribution in [2.75, 3.05) is 13.6 Å². The van der Waals surface area contributed by atoms with Crippen molar-refractivity contribution in [3.8, 4) is 0 Å². The smallest absolute Gasteiger partial charge is 0.410 e. The van der Waals surface area contributed by atoms with Crippen LogP contribution in [-0.4, -0.2) is 53.0 Å². The van der Waals surface area contributed by atoms with E-state index >= 15 is 0 Å². The molecule has 0 spiro atoms. The normalized spacial score (nSPS) is 13.5. The van der Waals surface area contributed by atoms with Crippen LogP contribution in [0.5, 0.6) is 0 Å². The number of fused-ring (bicyclic) bond motifs is 1. The molecule has 2 rings (SSSR count). The molecule has 0 aliphatic carbocycles. The molecular weight excluding hydrogens is 328 g/mol. The SMILES string of the molecule is CN(CCC(=O)ON1C(=O)c2ccccc2C1=O)C(=O)OC(C)(C)C. The Bertz CT molecular complexity index is 687. The van der Waals surface area contributed by atoms with Crippen LogP contribution in [0.15, 0.2) is 24.3 Å². The van der Waals surface area contributed by atoms with Gasteiger partial charge in [-0.1, -0.05) is 17.2 Å². The van der Waals surface area contributed by atoms with E-state index in [-0.39, 0.29) is 24.1 Å². The first-order chi connectivity index (χ1) is 11.6. The summed E-state index contributed by atoms with van der Waals surface area (Å²) in [5.74, 6) is -2.17. The summed E-state index contributed by atoms with van der Waals surface area (Å²) >= 11 is 0.